The third-order valence-corrected chi connectivity index (χ3v) is 5.95. The number of phenolic OH excluding ortho intramolecular Hbond substituents is 1. The largest absolute Gasteiger partial charge is 0.507 e. The number of carbonyl (C=O) groups excluding carboxylic acids is 2. The fraction of sp³-hybridized carbons (Fsp3) is 0.692. The maximum atomic E-state index is 13.6. The van der Waals surface area contributed by atoms with Crippen molar-refractivity contribution in [3.63, 3.8) is 0 Å². The summed E-state index contributed by atoms with van der Waals surface area (Å²) in [6.45, 7) is 14.1. The van der Waals surface area contributed by atoms with E-state index in [1.807, 2.05) is 13.8 Å². The quantitative estimate of drug-likeness (QED) is 0.318. The van der Waals surface area contributed by atoms with Crippen molar-refractivity contribution in [2.45, 2.75) is 86.0 Å². The topological polar surface area (TPSA) is 94.5 Å². The molecule has 0 saturated heterocycles. The molecule has 1 aromatic carbocycles. The number of carbonyl (C=O) groups is 2. The Kier molecular flexibility index (Phi) is 9.13. The maximum Gasteiger partial charge on any atom is 0.339 e. The van der Waals surface area contributed by atoms with Crippen molar-refractivity contribution < 1.29 is 33.7 Å². The van der Waals surface area contributed by atoms with E-state index >= 15 is 0 Å². The SMILES string of the molecule is CCOC(Cc1c(C(=O)N(C)OC)c(O)c2c(c1C(=O)OC(C)(C)C)CCC(C)(C)C2)OCC. The van der Waals surface area contributed by atoms with Crippen molar-refractivity contribution in [2.24, 2.45) is 5.41 Å². The van der Waals surface area contributed by atoms with Gasteiger partial charge in [0.05, 0.1) is 18.2 Å². The maximum absolute atomic E-state index is 13.6. The van der Waals surface area contributed by atoms with Gasteiger partial charge < -0.3 is 19.3 Å². The van der Waals surface area contributed by atoms with E-state index < -0.39 is 23.8 Å². The van der Waals surface area contributed by atoms with Crippen LogP contribution in [0.15, 0.2) is 0 Å². The zero-order valence-electron chi connectivity index (χ0n) is 22.2. The number of hydroxylamine groups is 2. The molecule has 34 heavy (non-hydrogen) atoms. The number of esters is 1. The Hall–Kier alpha value is -2.16. The third kappa shape index (κ3) is 6.49. The number of benzene rings is 1. The number of amides is 1. The van der Waals surface area contributed by atoms with Crippen molar-refractivity contribution >= 4 is 11.9 Å². The van der Waals surface area contributed by atoms with Crippen LogP contribution >= 0.6 is 0 Å². The Morgan fingerprint density at radius 2 is 1.68 bits per heavy atom. The molecule has 1 amide bonds. The van der Waals surface area contributed by atoms with Crippen LogP contribution in [0.5, 0.6) is 5.75 Å². The van der Waals surface area contributed by atoms with Gasteiger partial charge in [0.15, 0.2) is 6.29 Å². The Labute approximate surface area is 203 Å². The molecular formula is C26H41NO7. The molecule has 8 heteroatoms. The molecule has 1 N–H and O–H groups in total. The summed E-state index contributed by atoms with van der Waals surface area (Å²) in [6.07, 6.45) is 1.34. The molecule has 0 aliphatic heterocycles. The molecule has 0 saturated carbocycles. The van der Waals surface area contributed by atoms with Gasteiger partial charge in [-0.3, -0.25) is 9.63 Å². The highest BCUT2D eigenvalue weighted by Gasteiger charge is 2.38. The summed E-state index contributed by atoms with van der Waals surface area (Å²) < 4.78 is 17.3. The smallest absolute Gasteiger partial charge is 0.339 e. The fourth-order valence-corrected chi connectivity index (χ4v) is 4.35. The van der Waals surface area contributed by atoms with Gasteiger partial charge in [0.2, 0.25) is 0 Å². The third-order valence-electron chi connectivity index (χ3n) is 5.95. The lowest BCUT2D eigenvalue weighted by atomic mass is 9.71. The zero-order valence-corrected chi connectivity index (χ0v) is 22.2. The molecule has 0 bridgehead atoms. The second-order valence-electron chi connectivity index (χ2n) is 10.4. The molecule has 1 aliphatic rings. The minimum Gasteiger partial charge on any atom is -0.507 e. The number of fused-ring (bicyclic) bond motifs is 1. The van der Waals surface area contributed by atoms with Crippen molar-refractivity contribution in [3.8, 4) is 5.75 Å². The number of rotatable bonds is 9. The Morgan fingerprint density at radius 1 is 1.09 bits per heavy atom. The van der Waals surface area contributed by atoms with Crippen LogP contribution in [0.25, 0.3) is 0 Å². The first kappa shape index (κ1) is 28.1. The zero-order chi connectivity index (χ0) is 25.8. The molecule has 0 aromatic heterocycles. The number of hydrogen-bond donors (Lipinski definition) is 1. The van der Waals surface area contributed by atoms with Gasteiger partial charge in [0.25, 0.3) is 5.91 Å². The Balaban J connectivity index is 2.89. The molecule has 2 rings (SSSR count). The fourth-order valence-electron chi connectivity index (χ4n) is 4.35. The lowest BCUT2D eigenvalue weighted by Gasteiger charge is -2.35. The van der Waals surface area contributed by atoms with E-state index in [0.717, 1.165) is 17.0 Å². The van der Waals surface area contributed by atoms with Crippen molar-refractivity contribution in [1.82, 2.24) is 5.06 Å². The molecule has 192 valence electrons. The van der Waals surface area contributed by atoms with Crippen molar-refractivity contribution in [1.29, 1.82) is 0 Å². The molecule has 1 aliphatic carbocycles. The minimum atomic E-state index is -0.736. The number of ether oxygens (including phenoxy) is 3. The van der Waals surface area contributed by atoms with Crippen molar-refractivity contribution in [2.75, 3.05) is 27.4 Å². The van der Waals surface area contributed by atoms with Crippen LogP contribution in [0.4, 0.5) is 0 Å². The minimum absolute atomic E-state index is 0.0195. The molecule has 8 nitrogen and oxygen atoms in total. The summed E-state index contributed by atoms with van der Waals surface area (Å²) >= 11 is 0. The summed E-state index contributed by atoms with van der Waals surface area (Å²) in [6, 6.07) is 0. The summed E-state index contributed by atoms with van der Waals surface area (Å²) in [7, 11) is 2.83. The van der Waals surface area contributed by atoms with Crippen LogP contribution < -0.4 is 0 Å². The molecule has 0 fully saturated rings. The summed E-state index contributed by atoms with van der Waals surface area (Å²) in [4.78, 5) is 32.2. The van der Waals surface area contributed by atoms with Gasteiger partial charge in [-0.15, -0.1) is 0 Å². The van der Waals surface area contributed by atoms with Crippen LogP contribution in [0, 0.1) is 5.41 Å². The average molecular weight is 480 g/mol. The van der Waals surface area contributed by atoms with Crippen LogP contribution in [-0.4, -0.2) is 61.3 Å². The van der Waals surface area contributed by atoms with E-state index in [1.165, 1.54) is 14.2 Å². The van der Waals surface area contributed by atoms with Gasteiger partial charge in [0, 0.05) is 26.7 Å². The predicted molar refractivity (Wildman–Crippen MR) is 129 cm³/mol. The monoisotopic (exact) mass is 479 g/mol. The number of hydrogen-bond acceptors (Lipinski definition) is 7. The lowest BCUT2D eigenvalue weighted by molar-refractivity contribution is -0.134. The summed E-state index contributed by atoms with van der Waals surface area (Å²) in [5.41, 5.74) is 1.19. The summed E-state index contributed by atoms with van der Waals surface area (Å²) in [5, 5.41) is 12.5. The van der Waals surface area contributed by atoms with Crippen molar-refractivity contribution in [3.05, 3.63) is 27.8 Å². The molecule has 1 aromatic rings. The van der Waals surface area contributed by atoms with E-state index in [9.17, 15) is 14.7 Å². The first-order valence-electron chi connectivity index (χ1n) is 11.9. The molecule has 0 unspecified atom stereocenters. The van der Waals surface area contributed by atoms with Gasteiger partial charge in [-0.05, 0) is 76.0 Å². The number of nitrogens with zero attached hydrogens (tertiary/aromatic N) is 1. The van der Waals surface area contributed by atoms with E-state index in [0.29, 0.717) is 42.7 Å². The van der Waals surface area contributed by atoms with E-state index in [2.05, 4.69) is 13.8 Å². The Bertz CT molecular complexity index is 896. The van der Waals surface area contributed by atoms with E-state index in [1.54, 1.807) is 20.8 Å². The number of phenols is 1. The highest BCUT2D eigenvalue weighted by atomic mass is 16.7. The molecule has 0 atom stereocenters. The number of aromatic hydroxyl groups is 1. The normalized spacial score (nSPS) is 15.2. The van der Waals surface area contributed by atoms with Gasteiger partial charge >= 0.3 is 5.97 Å². The Morgan fingerprint density at radius 3 is 2.18 bits per heavy atom. The molecule has 0 heterocycles. The first-order chi connectivity index (χ1) is 15.8. The van der Waals surface area contributed by atoms with Crippen LogP contribution in [-0.2, 0) is 38.3 Å². The van der Waals surface area contributed by atoms with E-state index in [-0.39, 0.29) is 23.1 Å². The second-order valence-corrected chi connectivity index (χ2v) is 10.4. The van der Waals surface area contributed by atoms with Gasteiger partial charge in [0.1, 0.15) is 11.4 Å². The predicted octanol–water partition coefficient (Wildman–Crippen LogP) is 4.44. The molecule has 0 radical (unpaired) electrons. The highest BCUT2D eigenvalue weighted by Crippen LogP contribution is 2.44. The lowest BCUT2D eigenvalue weighted by Crippen LogP contribution is -2.34. The molecule has 0 spiro atoms. The molecular weight excluding hydrogens is 438 g/mol. The van der Waals surface area contributed by atoms with Gasteiger partial charge in [-0.25, -0.2) is 9.86 Å². The van der Waals surface area contributed by atoms with Gasteiger partial charge in [-0.2, -0.15) is 0 Å². The second kappa shape index (κ2) is 11.1. The standard InChI is InChI=1S/C26H41NO7/c1-10-32-19(33-11-2)14-17-20(24(30)34-25(3,4)5)16-12-13-26(6,7)15-18(16)22(28)21(17)23(29)27(8)31-9/h19,28H,10-15H2,1-9H3. The van der Waals surface area contributed by atoms with E-state index in [4.69, 9.17) is 19.0 Å². The average Bonchev–Trinajstić information content (AvgIpc) is 2.72. The van der Waals surface area contributed by atoms with Gasteiger partial charge in [-0.1, -0.05) is 13.8 Å². The van der Waals surface area contributed by atoms with Crippen LogP contribution in [0.2, 0.25) is 0 Å². The van der Waals surface area contributed by atoms with Crippen LogP contribution in [0.3, 0.4) is 0 Å². The summed E-state index contributed by atoms with van der Waals surface area (Å²) in [5.74, 6) is -1.21. The van der Waals surface area contributed by atoms with Crippen LogP contribution in [0.1, 0.15) is 92.3 Å². The highest BCUT2D eigenvalue weighted by molar-refractivity contribution is 6.04. The first-order valence-corrected chi connectivity index (χ1v) is 11.9.